The van der Waals surface area contributed by atoms with Crippen LogP contribution < -0.4 is 9.62 Å². The van der Waals surface area contributed by atoms with E-state index < -0.39 is 10.0 Å². The van der Waals surface area contributed by atoms with Gasteiger partial charge in [0.2, 0.25) is 15.9 Å². The molecule has 144 valence electrons. The number of nitrogens with one attached hydrogen (secondary N) is 1. The summed E-state index contributed by atoms with van der Waals surface area (Å²) in [6.07, 6.45) is 1.95. The Labute approximate surface area is 165 Å². The summed E-state index contributed by atoms with van der Waals surface area (Å²) in [4.78, 5) is 13.9. The molecule has 0 aromatic heterocycles. The smallest absolute Gasteiger partial charge is 0.236 e. The van der Waals surface area contributed by atoms with E-state index >= 15 is 0 Å². The van der Waals surface area contributed by atoms with E-state index in [1.807, 2.05) is 26.0 Å². The fourth-order valence-corrected chi connectivity index (χ4v) is 4.85. The highest BCUT2D eigenvalue weighted by Crippen LogP contribution is 2.31. The van der Waals surface area contributed by atoms with Crippen molar-refractivity contribution in [2.75, 3.05) is 16.2 Å². The summed E-state index contributed by atoms with van der Waals surface area (Å²) in [5, 5.41) is 0.586. The first kappa shape index (κ1) is 19.7. The summed E-state index contributed by atoms with van der Waals surface area (Å²) >= 11 is 5.94. The molecule has 7 heteroatoms. The predicted octanol–water partition coefficient (Wildman–Crippen LogP) is 4.28. The zero-order valence-electron chi connectivity index (χ0n) is 15.5. The molecule has 0 aliphatic carbocycles. The summed E-state index contributed by atoms with van der Waals surface area (Å²) in [7, 11) is -3.56. The van der Waals surface area contributed by atoms with Gasteiger partial charge in [-0.2, -0.15) is 0 Å². The van der Waals surface area contributed by atoms with Crippen LogP contribution in [0.2, 0.25) is 5.02 Å². The molecule has 3 rings (SSSR count). The Balaban J connectivity index is 1.80. The van der Waals surface area contributed by atoms with E-state index in [-0.39, 0.29) is 11.7 Å². The summed E-state index contributed by atoms with van der Waals surface area (Å²) < 4.78 is 27.8. The largest absolute Gasteiger partial charge is 0.312 e. The molecule has 1 N–H and O–H groups in total. The minimum atomic E-state index is -3.56. The van der Waals surface area contributed by atoms with Gasteiger partial charge in [-0.05, 0) is 66.8 Å². The second kappa shape index (κ2) is 7.90. The summed E-state index contributed by atoms with van der Waals surface area (Å²) in [6, 6.07) is 10.6. The molecule has 1 heterocycles. The highest BCUT2D eigenvalue weighted by Gasteiger charge is 2.24. The van der Waals surface area contributed by atoms with E-state index in [4.69, 9.17) is 11.6 Å². The van der Waals surface area contributed by atoms with Crippen LogP contribution in [-0.4, -0.2) is 20.9 Å². The SMILES string of the molecule is CCCN1C(=O)CCc2cc(NS(=O)(=O)Cc3ccc(Cl)cc3C)ccc21. The molecular formula is C20H23ClN2O3S. The highest BCUT2D eigenvalue weighted by molar-refractivity contribution is 7.91. The molecule has 1 amide bonds. The summed E-state index contributed by atoms with van der Waals surface area (Å²) in [6.45, 7) is 4.55. The number of hydrogen-bond acceptors (Lipinski definition) is 3. The number of anilines is 2. The van der Waals surface area contributed by atoms with E-state index in [0.29, 0.717) is 35.7 Å². The van der Waals surface area contributed by atoms with Crippen LogP contribution in [0.3, 0.4) is 0 Å². The van der Waals surface area contributed by atoms with Crippen LogP contribution in [0.25, 0.3) is 0 Å². The Morgan fingerprint density at radius 1 is 1.15 bits per heavy atom. The third-order valence-corrected chi connectivity index (χ3v) is 6.12. The molecule has 0 saturated carbocycles. The lowest BCUT2D eigenvalue weighted by molar-refractivity contribution is -0.118. The number of fused-ring (bicyclic) bond motifs is 1. The standard InChI is InChI=1S/C20H23ClN2O3S/c1-3-10-23-19-8-7-18(12-15(19)5-9-20(23)24)22-27(25,26)13-16-4-6-17(21)11-14(16)2/h4,6-8,11-12,22H,3,5,9-10,13H2,1-2H3. The number of sulfonamides is 1. The molecular weight excluding hydrogens is 384 g/mol. The molecule has 0 saturated heterocycles. The Morgan fingerprint density at radius 3 is 2.63 bits per heavy atom. The zero-order valence-corrected chi connectivity index (χ0v) is 17.0. The van der Waals surface area contributed by atoms with E-state index in [0.717, 1.165) is 23.2 Å². The maximum Gasteiger partial charge on any atom is 0.236 e. The number of halogens is 1. The van der Waals surface area contributed by atoms with Gasteiger partial charge in [-0.25, -0.2) is 8.42 Å². The molecule has 0 atom stereocenters. The molecule has 0 spiro atoms. The van der Waals surface area contributed by atoms with Crippen LogP contribution in [0.15, 0.2) is 36.4 Å². The van der Waals surface area contributed by atoms with Gasteiger partial charge in [-0.15, -0.1) is 0 Å². The van der Waals surface area contributed by atoms with Crippen molar-refractivity contribution >= 4 is 38.9 Å². The van der Waals surface area contributed by atoms with E-state index in [1.54, 1.807) is 29.2 Å². The van der Waals surface area contributed by atoms with Crippen molar-refractivity contribution in [3.8, 4) is 0 Å². The number of hydrogen-bond donors (Lipinski definition) is 1. The van der Waals surface area contributed by atoms with Crippen molar-refractivity contribution in [1.29, 1.82) is 0 Å². The minimum absolute atomic E-state index is 0.118. The second-order valence-corrected chi connectivity index (χ2v) is 8.98. The third kappa shape index (κ3) is 4.62. The van der Waals surface area contributed by atoms with Crippen molar-refractivity contribution in [3.63, 3.8) is 0 Å². The van der Waals surface area contributed by atoms with Gasteiger partial charge >= 0.3 is 0 Å². The predicted molar refractivity (Wildman–Crippen MR) is 110 cm³/mol. The molecule has 5 nitrogen and oxygen atoms in total. The van der Waals surface area contributed by atoms with Gasteiger partial charge in [0.05, 0.1) is 5.75 Å². The fraction of sp³-hybridized carbons (Fsp3) is 0.350. The first-order valence-electron chi connectivity index (χ1n) is 8.98. The monoisotopic (exact) mass is 406 g/mol. The van der Waals surface area contributed by atoms with Gasteiger partial charge in [0, 0.05) is 29.4 Å². The normalized spacial score (nSPS) is 14.2. The lowest BCUT2D eigenvalue weighted by atomic mass is 10.0. The molecule has 2 aromatic rings. The van der Waals surface area contributed by atoms with Crippen molar-refractivity contribution in [1.82, 2.24) is 0 Å². The number of nitrogens with zero attached hydrogens (tertiary/aromatic N) is 1. The fourth-order valence-electron chi connectivity index (χ4n) is 3.33. The van der Waals surface area contributed by atoms with E-state index in [9.17, 15) is 13.2 Å². The molecule has 0 unspecified atom stereocenters. The lowest BCUT2D eigenvalue weighted by Crippen LogP contribution is -2.35. The van der Waals surface area contributed by atoms with Crippen molar-refractivity contribution in [3.05, 3.63) is 58.1 Å². The summed E-state index contributed by atoms with van der Waals surface area (Å²) in [5.41, 5.74) is 3.94. The van der Waals surface area contributed by atoms with Gasteiger partial charge in [0.15, 0.2) is 0 Å². The second-order valence-electron chi connectivity index (χ2n) is 6.82. The van der Waals surface area contributed by atoms with Gasteiger partial charge in [0.1, 0.15) is 0 Å². The Morgan fingerprint density at radius 2 is 1.93 bits per heavy atom. The van der Waals surface area contributed by atoms with Crippen molar-refractivity contribution in [2.45, 2.75) is 38.9 Å². The molecule has 0 radical (unpaired) electrons. The molecule has 1 aliphatic rings. The number of benzene rings is 2. The number of carbonyl (C=O) groups is 1. The molecule has 0 bridgehead atoms. The first-order valence-corrected chi connectivity index (χ1v) is 11.0. The van der Waals surface area contributed by atoms with Crippen LogP contribution in [-0.2, 0) is 27.0 Å². The highest BCUT2D eigenvalue weighted by atomic mass is 35.5. The average Bonchev–Trinajstić information content (AvgIpc) is 2.59. The van der Waals surface area contributed by atoms with Gasteiger partial charge in [-0.1, -0.05) is 24.6 Å². The van der Waals surface area contributed by atoms with Gasteiger partial charge < -0.3 is 4.90 Å². The summed E-state index contributed by atoms with van der Waals surface area (Å²) in [5.74, 6) is 0.00367. The Kier molecular flexibility index (Phi) is 5.77. The third-order valence-electron chi connectivity index (χ3n) is 4.65. The van der Waals surface area contributed by atoms with Crippen molar-refractivity contribution < 1.29 is 13.2 Å². The maximum absolute atomic E-state index is 12.6. The van der Waals surface area contributed by atoms with Crippen LogP contribution in [0.4, 0.5) is 11.4 Å². The van der Waals surface area contributed by atoms with Gasteiger partial charge in [-0.3, -0.25) is 9.52 Å². The number of carbonyl (C=O) groups excluding carboxylic acids is 1. The topological polar surface area (TPSA) is 66.5 Å². The molecule has 2 aromatic carbocycles. The number of rotatable bonds is 6. The molecule has 1 aliphatic heterocycles. The van der Waals surface area contributed by atoms with Gasteiger partial charge in [0.25, 0.3) is 0 Å². The Hall–Kier alpha value is -2.05. The van der Waals surface area contributed by atoms with Crippen molar-refractivity contribution in [2.24, 2.45) is 0 Å². The molecule has 27 heavy (non-hydrogen) atoms. The Bertz CT molecular complexity index is 973. The maximum atomic E-state index is 12.6. The number of amides is 1. The van der Waals surface area contributed by atoms with Crippen LogP contribution in [0, 0.1) is 6.92 Å². The number of aryl methyl sites for hydroxylation is 2. The first-order chi connectivity index (χ1) is 12.8. The zero-order chi connectivity index (χ0) is 19.6. The molecule has 0 fully saturated rings. The van der Waals surface area contributed by atoms with E-state index in [2.05, 4.69) is 4.72 Å². The van der Waals surface area contributed by atoms with Crippen LogP contribution >= 0.6 is 11.6 Å². The van der Waals surface area contributed by atoms with Crippen LogP contribution in [0.1, 0.15) is 36.5 Å². The quantitative estimate of drug-likeness (QED) is 0.778. The van der Waals surface area contributed by atoms with E-state index in [1.165, 1.54) is 0 Å². The average molecular weight is 407 g/mol. The lowest BCUT2D eigenvalue weighted by Gasteiger charge is -2.29. The van der Waals surface area contributed by atoms with Crippen LogP contribution in [0.5, 0.6) is 0 Å². The minimum Gasteiger partial charge on any atom is -0.312 e.